The van der Waals surface area contributed by atoms with E-state index in [1.54, 1.807) is 0 Å². The van der Waals surface area contributed by atoms with Crippen molar-refractivity contribution in [1.29, 1.82) is 0 Å². The van der Waals surface area contributed by atoms with Crippen LogP contribution in [0.5, 0.6) is 0 Å². The Hall–Kier alpha value is -2.49. The van der Waals surface area contributed by atoms with Crippen LogP contribution >= 0.6 is 0 Å². The first kappa shape index (κ1) is 11.6. The van der Waals surface area contributed by atoms with Crippen LogP contribution < -0.4 is 11.1 Å². The van der Waals surface area contributed by atoms with Gasteiger partial charge in [-0.3, -0.25) is 0 Å². The molecule has 0 unspecified atom stereocenters. The van der Waals surface area contributed by atoms with Crippen molar-refractivity contribution in [3.05, 3.63) is 48.3 Å². The van der Waals surface area contributed by atoms with Crippen molar-refractivity contribution in [2.45, 2.75) is 6.92 Å². The molecule has 0 fully saturated rings. The fourth-order valence-electron chi connectivity index (χ4n) is 2.22. The van der Waals surface area contributed by atoms with Gasteiger partial charge >= 0.3 is 0 Å². The molecule has 1 aromatic heterocycles. The van der Waals surface area contributed by atoms with Crippen LogP contribution in [0.1, 0.15) is 5.56 Å². The minimum absolute atomic E-state index is 0.751. The molecule has 1 heterocycles. The highest BCUT2D eigenvalue weighted by Gasteiger charge is 2.05. The molecule has 0 atom stereocenters. The molecule has 2 aromatic carbocycles. The van der Waals surface area contributed by atoms with Crippen LogP contribution in [-0.2, 0) is 7.05 Å². The largest absolute Gasteiger partial charge is 0.397 e. The van der Waals surface area contributed by atoms with Crippen molar-refractivity contribution in [2.24, 2.45) is 7.05 Å². The number of nitrogens with zero attached hydrogens (tertiary/aromatic N) is 2. The Labute approximate surface area is 111 Å². The SMILES string of the molecule is Cc1cccc(N)c1Nc1ccc2c(c1)ncn2C. The van der Waals surface area contributed by atoms with Gasteiger partial charge in [0, 0.05) is 12.7 Å². The van der Waals surface area contributed by atoms with Gasteiger partial charge in [0.1, 0.15) is 0 Å². The van der Waals surface area contributed by atoms with Crippen molar-refractivity contribution in [1.82, 2.24) is 9.55 Å². The number of nitrogens with two attached hydrogens (primary N) is 1. The van der Waals surface area contributed by atoms with Gasteiger partial charge in [0.2, 0.25) is 0 Å². The molecule has 0 saturated carbocycles. The van der Waals surface area contributed by atoms with Gasteiger partial charge in [0.05, 0.1) is 28.7 Å². The molecule has 0 spiro atoms. The van der Waals surface area contributed by atoms with Crippen molar-refractivity contribution in [3.8, 4) is 0 Å². The smallest absolute Gasteiger partial charge is 0.0955 e. The quantitative estimate of drug-likeness (QED) is 0.688. The molecule has 4 heteroatoms. The highest BCUT2D eigenvalue weighted by atomic mass is 15.0. The highest BCUT2D eigenvalue weighted by Crippen LogP contribution is 2.28. The molecule has 0 radical (unpaired) electrons. The first-order valence-electron chi connectivity index (χ1n) is 6.18. The van der Waals surface area contributed by atoms with E-state index in [-0.39, 0.29) is 0 Å². The van der Waals surface area contributed by atoms with Crippen LogP contribution in [0.15, 0.2) is 42.7 Å². The van der Waals surface area contributed by atoms with Gasteiger partial charge in [-0.05, 0) is 36.8 Å². The molecule has 3 aromatic rings. The van der Waals surface area contributed by atoms with E-state index in [1.807, 2.05) is 55.2 Å². The number of aromatic nitrogens is 2. The van der Waals surface area contributed by atoms with Crippen molar-refractivity contribution in [2.75, 3.05) is 11.1 Å². The number of hydrogen-bond donors (Lipinski definition) is 2. The van der Waals surface area contributed by atoms with Crippen LogP contribution in [0.2, 0.25) is 0 Å². The topological polar surface area (TPSA) is 55.9 Å². The van der Waals surface area contributed by atoms with Crippen molar-refractivity contribution in [3.63, 3.8) is 0 Å². The lowest BCUT2D eigenvalue weighted by atomic mass is 10.1. The Morgan fingerprint density at radius 1 is 1.21 bits per heavy atom. The van der Waals surface area contributed by atoms with Crippen LogP contribution in [0, 0.1) is 6.92 Å². The minimum atomic E-state index is 0.751. The van der Waals surface area contributed by atoms with E-state index >= 15 is 0 Å². The number of fused-ring (bicyclic) bond motifs is 1. The molecular formula is C15H16N4. The second-order valence-corrected chi connectivity index (χ2v) is 4.72. The van der Waals surface area contributed by atoms with Gasteiger partial charge < -0.3 is 15.6 Å². The maximum absolute atomic E-state index is 6.00. The van der Waals surface area contributed by atoms with Crippen LogP contribution in [0.3, 0.4) is 0 Å². The van der Waals surface area contributed by atoms with Gasteiger partial charge in [-0.25, -0.2) is 4.98 Å². The Balaban J connectivity index is 2.01. The van der Waals surface area contributed by atoms with Gasteiger partial charge in [-0.15, -0.1) is 0 Å². The Kier molecular flexibility index (Phi) is 2.63. The van der Waals surface area contributed by atoms with E-state index in [2.05, 4.69) is 16.4 Å². The van der Waals surface area contributed by atoms with Crippen LogP contribution in [0.4, 0.5) is 17.1 Å². The molecule has 3 rings (SSSR count). The normalized spacial score (nSPS) is 10.8. The molecular weight excluding hydrogens is 236 g/mol. The molecule has 0 amide bonds. The zero-order valence-corrected chi connectivity index (χ0v) is 11.0. The molecule has 0 aliphatic heterocycles. The fourth-order valence-corrected chi connectivity index (χ4v) is 2.22. The molecule has 0 aliphatic rings. The first-order valence-corrected chi connectivity index (χ1v) is 6.18. The molecule has 0 aliphatic carbocycles. The third-order valence-electron chi connectivity index (χ3n) is 3.30. The summed E-state index contributed by atoms with van der Waals surface area (Å²) < 4.78 is 2.00. The molecule has 19 heavy (non-hydrogen) atoms. The first-order chi connectivity index (χ1) is 9.15. The zero-order chi connectivity index (χ0) is 13.4. The summed E-state index contributed by atoms with van der Waals surface area (Å²) in [5, 5.41) is 3.37. The lowest BCUT2D eigenvalue weighted by Gasteiger charge is -2.12. The molecule has 4 nitrogen and oxygen atoms in total. The van der Waals surface area contributed by atoms with Gasteiger partial charge in [0.25, 0.3) is 0 Å². The average Bonchev–Trinajstić information content (AvgIpc) is 2.76. The highest BCUT2D eigenvalue weighted by molar-refractivity contribution is 5.83. The Morgan fingerprint density at radius 3 is 2.84 bits per heavy atom. The summed E-state index contributed by atoms with van der Waals surface area (Å²) in [6.45, 7) is 2.04. The van der Waals surface area contributed by atoms with Crippen molar-refractivity contribution < 1.29 is 0 Å². The van der Waals surface area contributed by atoms with Gasteiger partial charge in [-0.1, -0.05) is 12.1 Å². The predicted molar refractivity (Wildman–Crippen MR) is 79.6 cm³/mol. The third kappa shape index (κ3) is 2.01. The number of nitrogen functional groups attached to an aromatic ring is 1. The Bertz CT molecular complexity index is 723. The summed E-state index contributed by atoms with van der Waals surface area (Å²) in [6, 6.07) is 12.0. The van der Waals surface area contributed by atoms with E-state index in [0.29, 0.717) is 0 Å². The van der Waals surface area contributed by atoms with Gasteiger partial charge in [0.15, 0.2) is 0 Å². The maximum atomic E-state index is 6.00. The zero-order valence-electron chi connectivity index (χ0n) is 11.0. The van der Waals surface area contributed by atoms with E-state index in [9.17, 15) is 0 Å². The maximum Gasteiger partial charge on any atom is 0.0955 e. The van der Waals surface area contributed by atoms with E-state index in [1.165, 1.54) is 0 Å². The number of para-hydroxylation sites is 1. The molecule has 96 valence electrons. The number of benzene rings is 2. The monoisotopic (exact) mass is 252 g/mol. The molecule has 3 N–H and O–H groups in total. The summed E-state index contributed by atoms with van der Waals surface area (Å²) in [4.78, 5) is 4.36. The number of hydrogen-bond acceptors (Lipinski definition) is 3. The Morgan fingerprint density at radius 2 is 2.05 bits per heavy atom. The molecule has 0 saturated heterocycles. The number of nitrogens with one attached hydrogen (secondary N) is 1. The number of rotatable bonds is 2. The van der Waals surface area contributed by atoms with Gasteiger partial charge in [-0.2, -0.15) is 0 Å². The second-order valence-electron chi connectivity index (χ2n) is 4.72. The second kappa shape index (κ2) is 4.31. The lowest BCUT2D eigenvalue weighted by molar-refractivity contribution is 0.948. The lowest BCUT2D eigenvalue weighted by Crippen LogP contribution is -1.98. The summed E-state index contributed by atoms with van der Waals surface area (Å²) in [7, 11) is 1.99. The summed E-state index contributed by atoms with van der Waals surface area (Å²) >= 11 is 0. The standard InChI is InChI=1S/C15H16N4/c1-10-4-3-5-12(16)15(10)18-11-6-7-14-13(8-11)17-9-19(14)2/h3-9,18H,16H2,1-2H3. The minimum Gasteiger partial charge on any atom is -0.397 e. The summed E-state index contributed by atoms with van der Waals surface area (Å²) in [6.07, 6.45) is 1.82. The summed E-state index contributed by atoms with van der Waals surface area (Å²) in [5.41, 5.74) is 11.9. The van der Waals surface area contributed by atoms with E-state index in [4.69, 9.17) is 5.73 Å². The number of anilines is 3. The van der Waals surface area contributed by atoms with E-state index in [0.717, 1.165) is 33.7 Å². The summed E-state index contributed by atoms with van der Waals surface area (Å²) in [5.74, 6) is 0. The number of imidazole rings is 1. The number of aryl methyl sites for hydroxylation is 2. The third-order valence-corrected chi connectivity index (χ3v) is 3.30. The van der Waals surface area contributed by atoms with Crippen LogP contribution in [-0.4, -0.2) is 9.55 Å². The average molecular weight is 252 g/mol. The predicted octanol–water partition coefficient (Wildman–Crippen LogP) is 3.21. The van der Waals surface area contributed by atoms with Crippen molar-refractivity contribution >= 4 is 28.1 Å². The fraction of sp³-hybridized carbons (Fsp3) is 0.133. The molecule has 0 bridgehead atoms. The van der Waals surface area contributed by atoms with Crippen LogP contribution in [0.25, 0.3) is 11.0 Å². The van der Waals surface area contributed by atoms with E-state index < -0.39 is 0 Å².